The summed E-state index contributed by atoms with van der Waals surface area (Å²) in [4.78, 5) is 4.81. The third kappa shape index (κ3) is 4.12. The molecular formula is C22H31NO2Si. The summed E-state index contributed by atoms with van der Waals surface area (Å²) in [5.41, 5.74) is 5.89. The summed E-state index contributed by atoms with van der Waals surface area (Å²) >= 11 is 0. The largest absolute Gasteiger partial charge is 0.500 e. The quantitative estimate of drug-likeness (QED) is 0.636. The molecule has 0 aromatic heterocycles. The van der Waals surface area contributed by atoms with E-state index in [1.807, 2.05) is 0 Å². The Hall–Kier alpha value is -1.81. The molecule has 0 saturated carbocycles. The van der Waals surface area contributed by atoms with Gasteiger partial charge < -0.3 is 9.47 Å². The number of aliphatic imine (C=N–C) groups is 1. The summed E-state index contributed by atoms with van der Waals surface area (Å²) in [5.74, 6) is 2.16. The molecule has 0 bridgehead atoms. The van der Waals surface area contributed by atoms with E-state index in [-0.39, 0.29) is 5.54 Å². The number of methoxy groups -OCH3 is 1. The zero-order valence-corrected chi connectivity index (χ0v) is 17.9. The predicted molar refractivity (Wildman–Crippen MR) is 112 cm³/mol. The van der Waals surface area contributed by atoms with Crippen molar-refractivity contribution in [2.24, 2.45) is 4.99 Å². The highest BCUT2D eigenvalue weighted by atomic mass is 28.3. The highest BCUT2D eigenvalue weighted by Crippen LogP contribution is 2.42. The Morgan fingerprint density at radius 3 is 2.62 bits per heavy atom. The molecule has 0 saturated heterocycles. The van der Waals surface area contributed by atoms with Gasteiger partial charge in [-0.25, -0.2) is 4.99 Å². The summed E-state index contributed by atoms with van der Waals surface area (Å²) in [7, 11) is 0.590. The summed E-state index contributed by atoms with van der Waals surface area (Å²) in [6.07, 6.45) is 4.31. The first-order valence-corrected chi connectivity index (χ1v) is 13.0. The standard InChI is InChI=1S/C22H31NO2Si/c1-22(2)15-25-21(23-22)20-18-12-8-7-11-17(18)16(14-19(20)24-3)10-9-13-26(4,5)6/h7-9,11-13,16H,10,14-15H2,1-6H3/b13-9+. The van der Waals surface area contributed by atoms with Crippen molar-refractivity contribution in [3.8, 4) is 0 Å². The number of allylic oxidation sites excluding steroid dienone is 2. The third-order valence-electron chi connectivity index (χ3n) is 4.85. The van der Waals surface area contributed by atoms with E-state index in [9.17, 15) is 0 Å². The Kier molecular flexibility index (Phi) is 5.15. The van der Waals surface area contributed by atoms with Gasteiger partial charge in [0.05, 0.1) is 26.3 Å². The van der Waals surface area contributed by atoms with Gasteiger partial charge in [0.25, 0.3) is 0 Å². The van der Waals surface area contributed by atoms with Crippen LogP contribution in [0.4, 0.5) is 0 Å². The highest BCUT2D eigenvalue weighted by molar-refractivity contribution is 6.80. The minimum Gasteiger partial charge on any atom is -0.500 e. The van der Waals surface area contributed by atoms with E-state index in [2.05, 4.69) is 69.5 Å². The maximum atomic E-state index is 5.96. The Morgan fingerprint density at radius 1 is 1.27 bits per heavy atom. The van der Waals surface area contributed by atoms with Crippen molar-refractivity contribution >= 4 is 19.5 Å². The maximum Gasteiger partial charge on any atom is 0.220 e. The van der Waals surface area contributed by atoms with Crippen LogP contribution in [0.25, 0.3) is 5.57 Å². The first-order chi connectivity index (χ1) is 12.2. The SMILES string of the molecule is COC1=C(C2=NC(C)(C)CO2)c2ccccc2C(C/C=C/[Si](C)(C)C)C1. The van der Waals surface area contributed by atoms with Crippen molar-refractivity contribution in [1.29, 1.82) is 0 Å². The van der Waals surface area contributed by atoms with E-state index in [1.54, 1.807) is 7.11 Å². The van der Waals surface area contributed by atoms with Crippen molar-refractivity contribution in [3.05, 3.63) is 52.9 Å². The molecule has 3 nitrogen and oxygen atoms in total. The van der Waals surface area contributed by atoms with Crippen LogP contribution in [-0.4, -0.2) is 33.2 Å². The van der Waals surface area contributed by atoms with Crippen molar-refractivity contribution in [3.63, 3.8) is 0 Å². The Bertz CT molecular complexity index is 769. The van der Waals surface area contributed by atoms with Gasteiger partial charge >= 0.3 is 0 Å². The van der Waals surface area contributed by atoms with Crippen LogP contribution in [0.1, 0.15) is 43.7 Å². The molecule has 4 heteroatoms. The monoisotopic (exact) mass is 369 g/mol. The number of rotatable bonds is 5. The minimum atomic E-state index is -1.17. The van der Waals surface area contributed by atoms with Gasteiger partial charge in [-0.2, -0.15) is 0 Å². The molecule has 0 amide bonds. The molecule has 0 fully saturated rings. The fourth-order valence-electron chi connectivity index (χ4n) is 3.60. The van der Waals surface area contributed by atoms with Gasteiger partial charge in [-0.3, -0.25) is 0 Å². The molecule has 2 aliphatic rings. The van der Waals surface area contributed by atoms with Gasteiger partial charge in [-0.15, -0.1) is 0 Å². The molecule has 1 atom stereocenters. The molecule has 0 spiro atoms. The molecule has 1 aliphatic carbocycles. The molecule has 1 aromatic rings. The van der Waals surface area contributed by atoms with Crippen LogP contribution in [-0.2, 0) is 9.47 Å². The van der Waals surface area contributed by atoms with E-state index in [4.69, 9.17) is 14.5 Å². The van der Waals surface area contributed by atoms with E-state index >= 15 is 0 Å². The lowest BCUT2D eigenvalue weighted by Crippen LogP contribution is -2.18. The highest BCUT2D eigenvalue weighted by Gasteiger charge is 2.35. The van der Waals surface area contributed by atoms with Crippen LogP contribution in [0, 0.1) is 0 Å². The van der Waals surface area contributed by atoms with E-state index < -0.39 is 8.07 Å². The van der Waals surface area contributed by atoms with Gasteiger partial charge in [0.15, 0.2) is 0 Å². The molecule has 1 heterocycles. The van der Waals surface area contributed by atoms with Crippen LogP contribution >= 0.6 is 0 Å². The molecule has 1 unspecified atom stereocenters. The summed E-state index contributed by atoms with van der Waals surface area (Å²) < 4.78 is 11.8. The van der Waals surface area contributed by atoms with Crippen LogP contribution < -0.4 is 0 Å². The second-order valence-electron chi connectivity index (χ2n) is 9.01. The fraction of sp³-hybridized carbons (Fsp3) is 0.500. The second kappa shape index (κ2) is 7.07. The molecule has 140 valence electrons. The number of ether oxygens (including phenoxy) is 2. The number of hydrogen-bond acceptors (Lipinski definition) is 3. The summed E-state index contributed by atoms with van der Waals surface area (Å²) in [6, 6.07) is 8.64. The van der Waals surface area contributed by atoms with Gasteiger partial charge in [0.2, 0.25) is 5.90 Å². The molecule has 1 aliphatic heterocycles. The lowest BCUT2D eigenvalue weighted by atomic mass is 9.80. The lowest BCUT2D eigenvalue weighted by molar-refractivity contribution is 0.264. The third-order valence-corrected chi connectivity index (χ3v) is 6.08. The fourth-order valence-corrected chi connectivity index (χ4v) is 4.44. The number of hydrogen-bond donors (Lipinski definition) is 0. The number of nitrogens with zero attached hydrogens (tertiary/aromatic N) is 1. The van der Waals surface area contributed by atoms with Gasteiger partial charge in [-0.1, -0.05) is 55.7 Å². The summed E-state index contributed by atoms with van der Waals surface area (Å²) in [6.45, 7) is 11.9. The Morgan fingerprint density at radius 2 is 2.00 bits per heavy atom. The number of fused-ring (bicyclic) bond motifs is 1. The Labute approximate surface area is 158 Å². The average Bonchev–Trinajstić information content (AvgIpc) is 2.92. The van der Waals surface area contributed by atoms with Crippen LogP contribution in [0.15, 0.2) is 46.8 Å². The predicted octanol–water partition coefficient (Wildman–Crippen LogP) is 5.56. The molecule has 1 aromatic carbocycles. The Balaban J connectivity index is 1.99. The van der Waals surface area contributed by atoms with Crippen LogP contribution in [0.2, 0.25) is 19.6 Å². The smallest absolute Gasteiger partial charge is 0.220 e. The van der Waals surface area contributed by atoms with E-state index in [0.717, 1.165) is 30.1 Å². The average molecular weight is 370 g/mol. The van der Waals surface area contributed by atoms with Gasteiger partial charge in [-0.05, 0) is 37.3 Å². The van der Waals surface area contributed by atoms with Crippen molar-refractivity contribution in [1.82, 2.24) is 0 Å². The zero-order valence-electron chi connectivity index (χ0n) is 16.9. The molecule has 0 N–H and O–H groups in total. The van der Waals surface area contributed by atoms with Gasteiger partial charge in [0, 0.05) is 6.42 Å². The lowest BCUT2D eigenvalue weighted by Gasteiger charge is -2.28. The van der Waals surface area contributed by atoms with Crippen molar-refractivity contribution < 1.29 is 9.47 Å². The zero-order chi connectivity index (χ0) is 18.9. The molecule has 0 radical (unpaired) electrons. The molecule has 26 heavy (non-hydrogen) atoms. The molecule has 3 rings (SSSR count). The van der Waals surface area contributed by atoms with E-state index in [0.29, 0.717) is 12.5 Å². The van der Waals surface area contributed by atoms with Gasteiger partial charge in [0.1, 0.15) is 12.4 Å². The first-order valence-electron chi connectivity index (χ1n) is 9.47. The van der Waals surface area contributed by atoms with Crippen molar-refractivity contribution in [2.45, 2.75) is 57.8 Å². The normalized spacial score (nSPS) is 22.2. The van der Waals surface area contributed by atoms with Crippen LogP contribution in [0.5, 0.6) is 0 Å². The molecular weight excluding hydrogens is 338 g/mol. The minimum absolute atomic E-state index is 0.174. The second-order valence-corrected chi connectivity index (χ2v) is 14.1. The summed E-state index contributed by atoms with van der Waals surface area (Å²) in [5, 5.41) is 0. The number of benzene rings is 1. The topological polar surface area (TPSA) is 30.8 Å². The van der Waals surface area contributed by atoms with E-state index in [1.165, 1.54) is 11.1 Å². The first kappa shape index (κ1) is 19.0. The van der Waals surface area contributed by atoms with Crippen LogP contribution in [0.3, 0.4) is 0 Å². The van der Waals surface area contributed by atoms with Crippen molar-refractivity contribution in [2.75, 3.05) is 13.7 Å². The maximum absolute atomic E-state index is 5.96.